The van der Waals surface area contributed by atoms with Crippen molar-refractivity contribution in [2.45, 2.75) is 12.1 Å². The summed E-state index contributed by atoms with van der Waals surface area (Å²) in [7, 11) is 0. The molecule has 2 fully saturated rings. The molecule has 8 heteroatoms. The fourth-order valence-electron chi connectivity index (χ4n) is 5.27. The van der Waals surface area contributed by atoms with Gasteiger partial charge in [0.05, 0.1) is 5.69 Å². The van der Waals surface area contributed by atoms with Crippen LogP contribution in [0.1, 0.15) is 16.8 Å². The molecule has 2 atom stereocenters. The van der Waals surface area contributed by atoms with Gasteiger partial charge in [0, 0.05) is 26.2 Å². The Bertz CT molecular complexity index is 1150. The van der Waals surface area contributed by atoms with Crippen LogP contribution in [0.25, 0.3) is 0 Å². The van der Waals surface area contributed by atoms with Crippen molar-refractivity contribution in [1.29, 1.82) is 0 Å². The van der Waals surface area contributed by atoms with E-state index in [4.69, 9.17) is 5.11 Å². The zero-order valence-electron chi connectivity index (χ0n) is 19.2. The van der Waals surface area contributed by atoms with Crippen molar-refractivity contribution in [1.82, 2.24) is 15.2 Å². The largest absolute Gasteiger partial charge is 0.465 e. The molecule has 35 heavy (non-hydrogen) atoms. The van der Waals surface area contributed by atoms with Crippen molar-refractivity contribution in [3.05, 3.63) is 95.7 Å². The number of carbonyl (C=O) groups is 2. The molecule has 2 unspecified atom stereocenters. The second-order valence-corrected chi connectivity index (χ2v) is 9.28. The summed E-state index contributed by atoms with van der Waals surface area (Å²) in [5, 5.41) is 25.7. The summed E-state index contributed by atoms with van der Waals surface area (Å²) in [5.41, 5.74) is 0.147. The summed E-state index contributed by atoms with van der Waals surface area (Å²) < 4.78 is 0. The van der Waals surface area contributed by atoms with Gasteiger partial charge in [-0.2, -0.15) is 0 Å². The molecule has 4 N–H and O–H groups in total. The van der Waals surface area contributed by atoms with E-state index in [2.05, 4.69) is 20.5 Å². The lowest BCUT2D eigenvalue weighted by Crippen LogP contribution is -2.46. The number of likely N-dealkylation sites (tertiary alicyclic amines) is 1. The van der Waals surface area contributed by atoms with Gasteiger partial charge in [0.2, 0.25) is 0 Å². The number of pyridine rings is 1. The van der Waals surface area contributed by atoms with Crippen LogP contribution < -0.4 is 10.6 Å². The fraction of sp³-hybridized carbons (Fsp3) is 0.296. The molecule has 2 amide bonds. The van der Waals surface area contributed by atoms with Gasteiger partial charge in [-0.3, -0.25) is 15.0 Å². The highest BCUT2D eigenvalue weighted by molar-refractivity contribution is 5.90. The highest BCUT2D eigenvalue weighted by Crippen LogP contribution is 2.51. The maximum absolute atomic E-state index is 13.3. The Labute approximate surface area is 203 Å². The van der Waals surface area contributed by atoms with Gasteiger partial charge in [-0.05, 0) is 41.0 Å². The average molecular weight is 473 g/mol. The topological polar surface area (TPSA) is 115 Å². The van der Waals surface area contributed by atoms with Gasteiger partial charge in [-0.15, -0.1) is 0 Å². The number of fused-ring (bicyclic) bond motifs is 1. The molecule has 180 valence electrons. The number of piperidine rings is 1. The first-order valence-corrected chi connectivity index (χ1v) is 11.7. The van der Waals surface area contributed by atoms with E-state index in [9.17, 15) is 14.7 Å². The molecule has 5 rings (SSSR count). The van der Waals surface area contributed by atoms with Crippen molar-refractivity contribution >= 4 is 17.8 Å². The number of nitrogens with one attached hydrogen (secondary N) is 2. The maximum atomic E-state index is 13.3. The van der Waals surface area contributed by atoms with Gasteiger partial charge in [-0.1, -0.05) is 66.7 Å². The minimum absolute atomic E-state index is 0.323. The zero-order chi connectivity index (χ0) is 24.4. The first kappa shape index (κ1) is 23.0. The highest BCUT2D eigenvalue weighted by atomic mass is 16.4. The van der Waals surface area contributed by atoms with Crippen LogP contribution in [-0.2, 0) is 16.9 Å². The van der Waals surface area contributed by atoms with Gasteiger partial charge in [0.25, 0.3) is 5.91 Å². The van der Waals surface area contributed by atoms with Crippen LogP contribution in [0.15, 0.2) is 78.9 Å². The number of anilines is 1. The number of benzene rings is 2. The van der Waals surface area contributed by atoms with Crippen molar-refractivity contribution < 1.29 is 19.8 Å². The standard InChI is InChI=1S/C27H28N4O4/c32-25(27(35,18-8-3-1-4-9-18)19-10-5-2-6-11-19)28-14-21-22-16-31(17-23(21)22)15-20-12-7-13-24(29-20)30-26(33)34/h1-13,21-23,35H,14-17H2,(H,28,32)(H,29,30)(H,33,34). The average Bonchev–Trinajstić information content (AvgIpc) is 3.33. The molecule has 0 bridgehead atoms. The number of aromatic nitrogens is 1. The highest BCUT2D eigenvalue weighted by Gasteiger charge is 2.55. The fourth-order valence-corrected chi connectivity index (χ4v) is 5.27. The monoisotopic (exact) mass is 472 g/mol. The number of hydrogen-bond donors (Lipinski definition) is 4. The molecular weight excluding hydrogens is 444 g/mol. The number of nitrogens with zero attached hydrogens (tertiary/aromatic N) is 2. The Kier molecular flexibility index (Phi) is 6.23. The molecule has 1 aromatic heterocycles. The van der Waals surface area contributed by atoms with Crippen LogP contribution >= 0.6 is 0 Å². The van der Waals surface area contributed by atoms with E-state index >= 15 is 0 Å². The molecule has 1 aliphatic carbocycles. The Morgan fingerprint density at radius 2 is 1.51 bits per heavy atom. The van der Waals surface area contributed by atoms with Gasteiger partial charge >= 0.3 is 6.09 Å². The maximum Gasteiger partial charge on any atom is 0.410 e. The van der Waals surface area contributed by atoms with Crippen LogP contribution in [0.3, 0.4) is 0 Å². The van der Waals surface area contributed by atoms with Crippen LogP contribution in [0.5, 0.6) is 0 Å². The van der Waals surface area contributed by atoms with Crippen molar-refractivity contribution in [3.63, 3.8) is 0 Å². The van der Waals surface area contributed by atoms with Crippen LogP contribution in [0, 0.1) is 17.8 Å². The predicted molar refractivity (Wildman–Crippen MR) is 131 cm³/mol. The number of hydrogen-bond acceptors (Lipinski definition) is 5. The lowest BCUT2D eigenvalue weighted by Gasteiger charge is -2.28. The smallest absolute Gasteiger partial charge is 0.410 e. The molecular formula is C27H28N4O4. The van der Waals surface area contributed by atoms with E-state index in [0.717, 1.165) is 18.8 Å². The van der Waals surface area contributed by atoms with Gasteiger partial charge in [-0.25, -0.2) is 9.78 Å². The van der Waals surface area contributed by atoms with Crippen LogP contribution in [-0.4, -0.2) is 51.7 Å². The van der Waals surface area contributed by atoms with E-state index in [1.54, 1.807) is 36.4 Å². The summed E-state index contributed by atoms with van der Waals surface area (Å²) in [6.07, 6.45) is -1.13. The Balaban J connectivity index is 1.18. The quantitative estimate of drug-likeness (QED) is 0.401. The number of amides is 2. The minimum atomic E-state index is -1.75. The Morgan fingerprint density at radius 1 is 0.914 bits per heavy atom. The van der Waals surface area contributed by atoms with Gasteiger partial charge in [0.15, 0.2) is 5.60 Å². The summed E-state index contributed by atoms with van der Waals surface area (Å²) in [6, 6.07) is 23.4. The summed E-state index contributed by atoms with van der Waals surface area (Å²) in [4.78, 5) is 30.8. The first-order chi connectivity index (χ1) is 16.9. The molecule has 3 aromatic rings. The molecule has 2 heterocycles. The van der Waals surface area contributed by atoms with Crippen LogP contribution in [0.4, 0.5) is 10.6 Å². The summed E-state index contributed by atoms with van der Waals surface area (Å²) >= 11 is 0. The van der Waals surface area contributed by atoms with Crippen molar-refractivity contribution in [3.8, 4) is 0 Å². The van der Waals surface area contributed by atoms with E-state index < -0.39 is 17.6 Å². The molecule has 0 spiro atoms. The molecule has 2 aromatic carbocycles. The van der Waals surface area contributed by atoms with Gasteiger partial charge < -0.3 is 15.5 Å². The molecule has 8 nitrogen and oxygen atoms in total. The Morgan fingerprint density at radius 3 is 2.09 bits per heavy atom. The summed E-state index contributed by atoms with van der Waals surface area (Å²) in [6.45, 7) is 3.00. The molecule has 2 aliphatic rings. The molecule has 1 aliphatic heterocycles. The normalized spacial score (nSPS) is 21.2. The number of aliphatic hydroxyl groups is 1. The van der Waals surface area contributed by atoms with Crippen molar-refractivity contribution in [2.75, 3.05) is 25.0 Å². The van der Waals surface area contributed by atoms with Crippen molar-refractivity contribution in [2.24, 2.45) is 17.8 Å². The predicted octanol–water partition coefficient (Wildman–Crippen LogP) is 2.90. The van der Waals surface area contributed by atoms with E-state index in [1.807, 2.05) is 42.5 Å². The molecule has 0 radical (unpaired) electrons. The minimum Gasteiger partial charge on any atom is -0.465 e. The van der Waals surface area contributed by atoms with E-state index in [0.29, 0.717) is 47.8 Å². The second-order valence-electron chi connectivity index (χ2n) is 9.28. The van der Waals surface area contributed by atoms with E-state index in [1.165, 1.54) is 0 Å². The van der Waals surface area contributed by atoms with E-state index in [-0.39, 0.29) is 0 Å². The number of carbonyl (C=O) groups excluding carboxylic acids is 1. The van der Waals surface area contributed by atoms with Gasteiger partial charge in [0.1, 0.15) is 5.82 Å². The SMILES string of the molecule is O=C(O)Nc1cccc(CN2CC3C(CNC(=O)C(O)(c4ccccc4)c4ccccc4)C3C2)n1. The Hall–Kier alpha value is -3.75. The third-order valence-electron chi connectivity index (χ3n) is 7.08. The molecule has 1 saturated heterocycles. The third kappa shape index (κ3) is 4.76. The lowest BCUT2D eigenvalue weighted by atomic mass is 9.85. The van der Waals surface area contributed by atoms with Crippen LogP contribution in [0.2, 0.25) is 0 Å². The second kappa shape index (κ2) is 9.48. The summed E-state index contributed by atoms with van der Waals surface area (Å²) in [5.74, 6) is 1.29. The third-order valence-corrected chi connectivity index (χ3v) is 7.08. The number of carboxylic acid groups (broad SMARTS) is 1. The lowest BCUT2D eigenvalue weighted by molar-refractivity contribution is -0.136. The zero-order valence-corrected chi connectivity index (χ0v) is 19.2. The molecule has 1 saturated carbocycles. The number of rotatable bonds is 8. The first-order valence-electron chi connectivity index (χ1n) is 11.7.